The summed E-state index contributed by atoms with van der Waals surface area (Å²) in [4.78, 5) is 12.3. The van der Waals surface area contributed by atoms with E-state index >= 15 is 0 Å². The summed E-state index contributed by atoms with van der Waals surface area (Å²) < 4.78 is 3.92. The molecule has 0 saturated carbocycles. The molecule has 5 aromatic rings. The molecule has 1 amide bonds. The van der Waals surface area contributed by atoms with Gasteiger partial charge in [0.2, 0.25) is 11.5 Å². The van der Waals surface area contributed by atoms with Crippen LogP contribution in [0.1, 0.15) is 19.4 Å². The minimum absolute atomic E-state index is 0.0141. The molecule has 0 aliphatic carbocycles. The first-order valence-corrected chi connectivity index (χ1v) is 12.3. The fourth-order valence-corrected chi connectivity index (χ4v) is 4.56. The maximum atomic E-state index is 12.3. The largest absolute Gasteiger partial charge is 0.325 e. The van der Waals surface area contributed by atoms with E-state index in [-0.39, 0.29) is 11.8 Å². The molecule has 0 aliphatic rings. The third-order valence-electron chi connectivity index (χ3n) is 6.31. The Hall–Kier alpha value is -4.09. The second-order valence-corrected chi connectivity index (χ2v) is 9.47. The van der Waals surface area contributed by atoms with Crippen molar-refractivity contribution in [1.29, 1.82) is 5.41 Å². The summed E-state index contributed by atoms with van der Waals surface area (Å²) in [6.45, 7) is 4.27. The average molecular weight is 495 g/mol. The number of anilines is 1. The smallest absolute Gasteiger partial charge is 0.226 e. The maximum Gasteiger partial charge on any atom is 0.226 e. The number of hydrogen-bond acceptors (Lipinski definition) is 2. The molecule has 1 aromatic heterocycles. The first-order chi connectivity index (χ1) is 17.4. The van der Waals surface area contributed by atoms with Gasteiger partial charge in [-0.15, -0.1) is 0 Å². The highest BCUT2D eigenvalue weighted by Crippen LogP contribution is 2.29. The Kier molecular flexibility index (Phi) is 6.49. The van der Waals surface area contributed by atoms with Crippen LogP contribution in [-0.2, 0) is 11.3 Å². The zero-order valence-electron chi connectivity index (χ0n) is 20.2. The van der Waals surface area contributed by atoms with Gasteiger partial charge < -0.3 is 9.88 Å². The van der Waals surface area contributed by atoms with Crippen molar-refractivity contribution in [3.8, 4) is 16.8 Å². The van der Waals surface area contributed by atoms with Crippen LogP contribution in [0.4, 0.5) is 5.69 Å². The highest BCUT2D eigenvalue weighted by molar-refractivity contribution is 6.31. The van der Waals surface area contributed by atoms with Crippen LogP contribution in [-0.4, -0.2) is 15.0 Å². The average Bonchev–Trinajstić information content (AvgIpc) is 3.17. The first-order valence-electron chi connectivity index (χ1n) is 11.9. The number of aromatic nitrogens is 2. The SMILES string of the molecule is CC(C)C(=O)Nc1ccccc1-c1ccc(-n2c(=N)n(Cc3ccccc3Cl)c3ccccc32)cc1. The molecule has 1 heterocycles. The Balaban J connectivity index is 1.55. The number of para-hydroxylation sites is 3. The fourth-order valence-electron chi connectivity index (χ4n) is 4.36. The van der Waals surface area contributed by atoms with Crippen LogP contribution < -0.4 is 10.9 Å². The van der Waals surface area contributed by atoms with E-state index in [1.807, 2.05) is 120 Å². The van der Waals surface area contributed by atoms with Gasteiger partial charge in [0, 0.05) is 27.9 Å². The normalized spacial score (nSPS) is 11.2. The number of carbonyl (C=O) groups excluding carboxylic acids is 1. The van der Waals surface area contributed by atoms with E-state index in [0.717, 1.165) is 39.1 Å². The van der Waals surface area contributed by atoms with Crippen LogP contribution in [0.25, 0.3) is 27.8 Å². The molecular formula is C30H27ClN4O. The van der Waals surface area contributed by atoms with Crippen molar-refractivity contribution in [3.05, 3.63) is 113 Å². The van der Waals surface area contributed by atoms with Gasteiger partial charge in [-0.25, -0.2) is 0 Å². The van der Waals surface area contributed by atoms with E-state index in [2.05, 4.69) is 5.32 Å². The van der Waals surface area contributed by atoms with E-state index in [1.54, 1.807) is 0 Å². The van der Waals surface area contributed by atoms with E-state index in [1.165, 1.54) is 0 Å². The highest BCUT2D eigenvalue weighted by Gasteiger charge is 2.15. The summed E-state index contributed by atoms with van der Waals surface area (Å²) >= 11 is 6.43. The van der Waals surface area contributed by atoms with Crippen molar-refractivity contribution in [2.24, 2.45) is 5.92 Å². The molecule has 0 radical (unpaired) electrons. The zero-order chi connectivity index (χ0) is 25.2. The predicted octanol–water partition coefficient (Wildman–Crippen LogP) is 6.87. The number of amides is 1. The number of hydrogen-bond donors (Lipinski definition) is 2. The number of imidazole rings is 1. The standard InChI is InChI=1S/C30H27ClN4O/c1-20(2)29(36)33-26-12-6-4-10-24(26)21-15-17-23(18-16-21)35-28-14-8-7-13-27(28)34(30(35)32)19-22-9-3-5-11-25(22)31/h3-18,20,32H,19H2,1-2H3,(H,33,36). The number of nitrogens with zero attached hydrogens (tertiary/aromatic N) is 2. The number of carbonyl (C=O) groups is 1. The lowest BCUT2D eigenvalue weighted by Crippen LogP contribution is -2.24. The van der Waals surface area contributed by atoms with Gasteiger partial charge in [-0.2, -0.15) is 0 Å². The Morgan fingerprint density at radius 2 is 1.50 bits per heavy atom. The molecule has 5 rings (SSSR count). The molecule has 180 valence electrons. The molecule has 0 bridgehead atoms. The highest BCUT2D eigenvalue weighted by atomic mass is 35.5. The summed E-state index contributed by atoms with van der Waals surface area (Å²) in [7, 11) is 0. The van der Waals surface area contributed by atoms with Crippen molar-refractivity contribution >= 4 is 34.2 Å². The fraction of sp³-hybridized carbons (Fsp3) is 0.133. The monoisotopic (exact) mass is 494 g/mol. The minimum atomic E-state index is -0.101. The topological polar surface area (TPSA) is 62.8 Å². The molecule has 0 atom stereocenters. The molecule has 0 unspecified atom stereocenters. The number of benzene rings is 4. The second kappa shape index (κ2) is 9.88. The Bertz CT molecular complexity index is 1610. The number of fused-ring (bicyclic) bond motifs is 1. The molecule has 2 N–H and O–H groups in total. The van der Waals surface area contributed by atoms with Gasteiger partial charge in [-0.1, -0.05) is 86.1 Å². The van der Waals surface area contributed by atoms with E-state index < -0.39 is 0 Å². The molecule has 4 aromatic carbocycles. The number of rotatable bonds is 6. The van der Waals surface area contributed by atoms with Crippen LogP contribution in [0, 0.1) is 11.3 Å². The molecular weight excluding hydrogens is 468 g/mol. The van der Waals surface area contributed by atoms with Crippen molar-refractivity contribution in [2.75, 3.05) is 5.32 Å². The van der Waals surface area contributed by atoms with E-state index in [4.69, 9.17) is 17.0 Å². The van der Waals surface area contributed by atoms with Crippen LogP contribution in [0.3, 0.4) is 0 Å². The molecule has 5 nitrogen and oxygen atoms in total. The quantitative estimate of drug-likeness (QED) is 0.265. The zero-order valence-corrected chi connectivity index (χ0v) is 21.0. The van der Waals surface area contributed by atoms with Crippen LogP contribution in [0.2, 0.25) is 5.02 Å². The summed E-state index contributed by atoms with van der Waals surface area (Å²) in [5, 5.41) is 12.8. The summed E-state index contributed by atoms with van der Waals surface area (Å²) in [6, 6.07) is 31.7. The molecule has 0 saturated heterocycles. The Morgan fingerprint density at radius 3 is 2.22 bits per heavy atom. The molecule has 0 fully saturated rings. The lowest BCUT2D eigenvalue weighted by Gasteiger charge is -2.13. The third-order valence-corrected chi connectivity index (χ3v) is 6.68. The van der Waals surface area contributed by atoms with Crippen molar-refractivity contribution < 1.29 is 4.79 Å². The van der Waals surface area contributed by atoms with Gasteiger partial charge in [-0.05, 0) is 47.5 Å². The first kappa shape index (κ1) is 23.6. The van der Waals surface area contributed by atoms with E-state index in [0.29, 0.717) is 17.2 Å². The van der Waals surface area contributed by atoms with Crippen LogP contribution in [0.15, 0.2) is 97.1 Å². The molecule has 0 aliphatic heterocycles. The van der Waals surface area contributed by atoms with Gasteiger partial charge in [0.05, 0.1) is 17.6 Å². The number of nitrogens with one attached hydrogen (secondary N) is 2. The second-order valence-electron chi connectivity index (χ2n) is 9.06. The maximum absolute atomic E-state index is 12.3. The minimum Gasteiger partial charge on any atom is -0.325 e. The lowest BCUT2D eigenvalue weighted by atomic mass is 10.0. The van der Waals surface area contributed by atoms with Gasteiger partial charge >= 0.3 is 0 Å². The Labute approximate surface area is 215 Å². The van der Waals surface area contributed by atoms with Gasteiger partial charge in [-0.3, -0.25) is 14.8 Å². The summed E-state index contributed by atoms with van der Waals surface area (Å²) in [6.07, 6.45) is 0. The van der Waals surface area contributed by atoms with Crippen molar-refractivity contribution in [3.63, 3.8) is 0 Å². The third kappa shape index (κ3) is 4.45. The lowest BCUT2D eigenvalue weighted by molar-refractivity contribution is -0.118. The van der Waals surface area contributed by atoms with Gasteiger partial charge in [0.15, 0.2) is 0 Å². The molecule has 36 heavy (non-hydrogen) atoms. The van der Waals surface area contributed by atoms with E-state index in [9.17, 15) is 4.79 Å². The van der Waals surface area contributed by atoms with Gasteiger partial charge in [0.1, 0.15) is 0 Å². The van der Waals surface area contributed by atoms with Crippen LogP contribution >= 0.6 is 11.6 Å². The van der Waals surface area contributed by atoms with Gasteiger partial charge in [0.25, 0.3) is 0 Å². The van der Waals surface area contributed by atoms with Crippen molar-refractivity contribution in [2.45, 2.75) is 20.4 Å². The summed E-state index contributed by atoms with van der Waals surface area (Å²) in [5.74, 6) is -0.116. The van der Waals surface area contributed by atoms with Crippen LogP contribution in [0.5, 0.6) is 0 Å². The predicted molar refractivity (Wildman–Crippen MR) is 147 cm³/mol. The molecule has 6 heteroatoms. The molecule has 0 spiro atoms. The van der Waals surface area contributed by atoms with Crippen molar-refractivity contribution in [1.82, 2.24) is 9.13 Å². The summed E-state index contributed by atoms with van der Waals surface area (Å²) in [5.41, 5.74) is 6.88. The Morgan fingerprint density at radius 1 is 0.861 bits per heavy atom. The number of halogens is 1.